The van der Waals surface area contributed by atoms with Gasteiger partial charge in [-0.25, -0.2) is 0 Å². The molecule has 0 aromatic heterocycles. The highest BCUT2D eigenvalue weighted by atomic mass is 31.2. The maximum Gasteiger partial charge on any atom is 0.306 e. The molecule has 11 heteroatoms. The number of esters is 2. The molecule has 0 radical (unpaired) electrons. The van der Waals surface area contributed by atoms with E-state index in [1.165, 1.54) is 109 Å². The maximum absolute atomic E-state index is 12.7. The molecule has 1 fully saturated rings. The minimum absolute atomic E-state index is 0.0427. The van der Waals surface area contributed by atoms with Crippen molar-refractivity contribution in [2.75, 3.05) is 47.5 Å². The van der Waals surface area contributed by atoms with Crippen molar-refractivity contribution in [1.82, 2.24) is 0 Å². The van der Waals surface area contributed by atoms with E-state index in [9.17, 15) is 19.0 Å². The van der Waals surface area contributed by atoms with Crippen LogP contribution in [0.2, 0.25) is 0 Å². The average Bonchev–Trinajstić information content (AvgIpc) is 3.94. The van der Waals surface area contributed by atoms with Gasteiger partial charge in [-0.3, -0.25) is 14.2 Å². The highest BCUT2D eigenvalue weighted by Crippen LogP contribution is 2.38. The number of phosphoric ester groups is 1. The molecule has 0 N–H and O–H groups in total. The van der Waals surface area contributed by atoms with Gasteiger partial charge in [-0.2, -0.15) is 0 Å². The van der Waals surface area contributed by atoms with Gasteiger partial charge in [-0.05, 0) is 51.4 Å². The Morgan fingerprint density at radius 2 is 1.08 bits per heavy atom. The number of nitrogens with zero attached hydrogens (tertiary/aromatic N) is 1. The Balaban J connectivity index is 2.28. The van der Waals surface area contributed by atoms with Crippen molar-refractivity contribution < 1.29 is 46.8 Å². The summed E-state index contributed by atoms with van der Waals surface area (Å²) in [6.07, 6.45) is 43.5. The molecule has 1 saturated heterocycles. The molecule has 0 aliphatic carbocycles. The van der Waals surface area contributed by atoms with Crippen molar-refractivity contribution in [1.29, 1.82) is 0 Å². The van der Waals surface area contributed by atoms with Gasteiger partial charge in [0.15, 0.2) is 6.10 Å². The summed E-state index contributed by atoms with van der Waals surface area (Å²) >= 11 is 0. The van der Waals surface area contributed by atoms with E-state index in [0.717, 1.165) is 44.9 Å². The Morgan fingerprint density at radius 1 is 0.610 bits per heavy atom. The van der Waals surface area contributed by atoms with Crippen molar-refractivity contribution in [3.63, 3.8) is 0 Å². The molecule has 1 heterocycles. The van der Waals surface area contributed by atoms with Crippen LogP contribution in [0, 0.1) is 0 Å². The number of unbranched alkanes of at least 4 members (excludes halogenated alkanes) is 20. The van der Waals surface area contributed by atoms with Crippen molar-refractivity contribution >= 4 is 19.8 Å². The summed E-state index contributed by atoms with van der Waals surface area (Å²) < 4.78 is 39.7. The van der Waals surface area contributed by atoms with Crippen molar-refractivity contribution in [3.8, 4) is 0 Å². The van der Waals surface area contributed by atoms with E-state index in [-0.39, 0.29) is 26.1 Å². The minimum atomic E-state index is -4.64. The summed E-state index contributed by atoms with van der Waals surface area (Å²) in [4.78, 5) is 37.6. The van der Waals surface area contributed by atoms with Crippen LogP contribution in [0.25, 0.3) is 0 Å². The number of quaternary nitrogens is 1. The second-order valence-electron chi connectivity index (χ2n) is 17.5. The number of carbonyl (C=O) groups excluding carboxylic acids is 2. The molecule has 4 atom stereocenters. The van der Waals surface area contributed by atoms with E-state index < -0.39 is 32.5 Å². The molecule has 0 bridgehead atoms. The lowest BCUT2D eigenvalue weighted by Crippen LogP contribution is -2.37. The summed E-state index contributed by atoms with van der Waals surface area (Å²) in [5, 5.41) is 0. The predicted molar refractivity (Wildman–Crippen MR) is 240 cm³/mol. The molecule has 0 spiro atoms. The standard InChI is InChI=1S/C48H88NO9P/c1-6-8-10-12-14-15-16-17-18-19-20-21-22-23-26-30-34-38-47(50)54-42-44(43-56-59(52,53)55-41-40-49(3,4)5)57-48(51)39-35-31-27-24-25-29-33-37-46-45(58-46)36-32-28-13-11-9-7-2/h24,27-29,32-33,44-46H,6-23,25-26,30-31,34-43H2,1-5H3/b27-24-,32-28-,33-29-/t44-,45?,46?/m1/s1. The van der Waals surface area contributed by atoms with E-state index in [0.29, 0.717) is 36.1 Å². The molecular weight excluding hydrogens is 766 g/mol. The van der Waals surface area contributed by atoms with Gasteiger partial charge in [-0.1, -0.05) is 166 Å². The Kier molecular flexibility index (Phi) is 34.4. The molecule has 0 aromatic rings. The Labute approximate surface area is 361 Å². The first kappa shape index (κ1) is 55.2. The molecule has 1 rings (SSSR count). The maximum atomic E-state index is 12.7. The van der Waals surface area contributed by atoms with Gasteiger partial charge in [0.25, 0.3) is 7.82 Å². The molecule has 0 saturated carbocycles. The normalized spacial score (nSPS) is 17.3. The van der Waals surface area contributed by atoms with Gasteiger partial charge < -0.3 is 32.6 Å². The molecular formula is C48H88NO9P. The zero-order chi connectivity index (χ0) is 43.3. The summed E-state index contributed by atoms with van der Waals surface area (Å²) in [6.45, 7) is 4.14. The van der Waals surface area contributed by atoms with E-state index in [1.54, 1.807) is 0 Å². The van der Waals surface area contributed by atoms with Gasteiger partial charge in [0.2, 0.25) is 0 Å². The third kappa shape index (κ3) is 37.7. The van der Waals surface area contributed by atoms with Crippen LogP contribution in [0.4, 0.5) is 0 Å². The number of phosphoric acid groups is 1. The second kappa shape index (κ2) is 36.8. The Morgan fingerprint density at radius 3 is 1.66 bits per heavy atom. The summed E-state index contributed by atoms with van der Waals surface area (Å²) in [5.74, 6) is -0.900. The molecule has 1 aliphatic rings. The third-order valence-corrected chi connectivity index (χ3v) is 11.5. The van der Waals surface area contributed by atoms with E-state index >= 15 is 0 Å². The molecule has 10 nitrogen and oxygen atoms in total. The number of hydrogen-bond acceptors (Lipinski definition) is 9. The van der Waals surface area contributed by atoms with Crippen LogP contribution in [0.15, 0.2) is 36.5 Å². The first-order valence-electron chi connectivity index (χ1n) is 23.8. The molecule has 3 unspecified atom stereocenters. The summed E-state index contributed by atoms with van der Waals surface area (Å²) in [6, 6.07) is 0. The number of rotatable bonds is 42. The number of ether oxygens (including phenoxy) is 3. The Bertz CT molecular complexity index is 1170. The van der Waals surface area contributed by atoms with Crippen LogP contribution >= 0.6 is 7.82 Å². The molecule has 344 valence electrons. The highest BCUT2D eigenvalue weighted by Gasteiger charge is 2.36. The zero-order valence-electron chi connectivity index (χ0n) is 38.4. The second-order valence-corrected chi connectivity index (χ2v) is 18.9. The zero-order valence-corrected chi connectivity index (χ0v) is 39.3. The van der Waals surface area contributed by atoms with Crippen LogP contribution in [0.1, 0.15) is 194 Å². The SMILES string of the molecule is CCCCC/C=C\CC1OC1C/C=C\C/C=C\CCCC(=O)O[C@H](COC(=O)CCCCCCCCCCCCCCCCCCC)COP(=O)([O-])OCC[N+](C)(C)C. The minimum Gasteiger partial charge on any atom is -0.756 e. The summed E-state index contributed by atoms with van der Waals surface area (Å²) in [5.41, 5.74) is 0. The van der Waals surface area contributed by atoms with Gasteiger partial charge >= 0.3 is 11.9 Å². The Hall–Kier alpha value is -1.81. The fourth-order valence-electron chi connectivity index (χ4n) is 6.69. The largest absolute Gasteiger partial charge is 0.756 e. The molecule has 0 aromatic carbocycles. The fourth-order valence-corrected chi connectivity index (χ4v) is 7.42. The van der Waals surface area contributed by atoms with Crippen molar-refractivity contribution in [3.05, 3.63) is 36.5 Å². The number of carbonyl (C=O) groups is 2. The number of allylic oxidation sites excluding steroid dienone is 4. The van der Waals surface area contributed by atoms with Crippen LogP contribution in [0.5, 0.6) is 0 Å². The summed E-state index contributed by atoms with van der Waals surface area (Å²) in [7, 11) is 1.13. The van der Waals surface area contributed by atoms with Crippen LogP contribution in [-0.2, 0) is 37.4 Å². The fraction of sp³-hybridized carbons (Fsp3) is 0.833. The predicted octanol–water partition coefficient (Wildman–Crippen LogP) is 12.0. The topological polar surface area (TPSA) is 124 Å². The number of likely N-dealkylation sites (N-methyl/N-ethyl adjacent to an activating group) is 1. The van der Waals surface area contributed by atoms with E-state index in [2.05, 4.69) is 44.2 Å². The monoisotopic (exact) mass is 854 g/mol. The van der Waals surface area contributed by atoms with E-state index in [4.69, 9.17) is 23.3 Å². The highest BCUT2D eigenvalue weighted by molar-refractivity contribution is 7.45. The van der Waals surface area contributed by atoms with Gasteiger partial charge in [0.05, 0.1) is 40.0 Å². The van der Waals surface area contributed by atoms with Crippen LogP contribution < -0.4 is 4.89 Å². The van der Waals surface area contributed by atoms with Crippen LogP contribution in [0.3, 0.4) is 0 Å². The van der Waals surface area contributed by atoms with Gasteiger partial charge in [-0.15, -0.1) is 0 Å². The number of epoxide rings is 1. The van der Waals surface area contributed by atoms with Crippen LogP contribution in [-0.4, -0.2) is 82.2 Å². The van der Waals surface area contributed by atoms with Crippen molar-refractivity contribution in [2.45, 2.75) is 212 Å². The first-order chi connectivity index (χ1) is 28.5. The van der Waals surface area contributed by atoms with Crippen molar-refractivity contribution in [2.24, 2.45) is 0 Å². The molecule has 0 amide bonds. The quantitative estimate of drug-likeness (QED) is 0.0147. The van der Waals surface area contributed by atoms with E-state index in [1.807, 2.05) is 27.2 Å². The van der Waals surface area contributed by atoms with Gasteiger partial charge in [0, 0.05) is 12.8 Å². The lowest BCUT2D eigenvalue weighted by Gasteiger charge is -2.28. The molecule has 59 heavy (non-hydrogen) atoms. The van der Waals surface area contributed by atoms with Gasteiger partial charge in [0.1, 0.15) is 19.8 Å². The molecule has 1 aliphatic heterocycles. The first-order valence-corrected chi connectivity index (χ1v) is 25.3. The third-order valence-electron chi connectivity index (χ3n) is 10.6. The average molecular weight is 854 g/mol. The smallest absolute Gasteiger partial charge is 0.306 e. The lowest BCUT2D eigenvalue weighted by molar-refractivity contribution is -0.870. The number of hydrogen-bond donors (Lipinski definition) is 0. The lowest BCUT2D eigenvalue weighted by atomic mass is 10.0.